The van der Waals surface area contributed by atoms with Crippen LogP contribution in [0.1, 0.15) is 39.0 Å². The number of carboxylic acid groups (broad SMARTS) is 1. The van der Waals surface area contributed by atoms with Crippen LogP contribution in [0.15, 0.2) is 48.5 Å². The minimum atomic E-state index is -0.991. The maximum absolute atomic E-state index is 13.4. The van der Waals surface area contributed by atoms with Crippen LogP contribution in [0.4, 0.5) is 5.69 Å². The number of amides is 1. The van der Waals surface area contributed by atoms with Gasteiger partial charge < -0.3 is 14.7 Å². The average molecular weight is 391 g/mol. The smallest absolute Gasteiger partial charge is 0.335 e. The minimum Gasteiger partial charge on any atom is -0.497 e. The molecule has 0 bridgehead atoms. The number of methoxy groups -OCH3 is 1. The number of carbonyl (C=O) groups is 2. The summed E-state index contributed by atoms with van der Waals surface area (Å²) in [6.07, 6.45) is 1.43. The number of hydrogen-bond donors (Lipinski definition) is 1. The number of fused-ring (bicyclic) bond motifs is 1. The molecule has 1 aliphatic rings. The number of aromatic nitrogens is 2. The summed E-state index contributed by atoms with van der Waals surface area (Å²) in [5.41, 5.74) is 4.04. The Hall–Kier alpha value is -3.61. The quantitative estimate of drug-likeness (QED) is 0.721. The second-order valence-corrected chi connectivity index (χ2v) is 6.80. The summed E-state index contributed by atoms with van der Waals surface area (Å²) >= 11 is 0. The largest absolute Gasteiger partial charge is 0.497 e. The summed E-state index contributed by atoms with van der Waals surface area (Å²) in [7, 11) is 1.60. The molecule has 1 aliphatic heterocycles. The third-order valence-electron chi connectivity index (χ3n) is 5.18. The third kappa shape index (κ3) is 3.24. The van der Waals surface area contributed by atoms with E-state index in [9.17, 15) is 9.59 Å². The molecule has 0 fully saturated rings. The second kappa shape index (κ2) is 7.43. The van der Waals surface area contributed by atoms with Gasteiger partial charge in [-0.15, -0.1) is 0 Å². The van der Waals surface area contributed by atoms with Crippen molar-refractivity contribution in [1.29, 1.82) is 0 Å². The van der Waals surface area contributed by atoms with Gasteiger partial charge in [-0.1, -0.05) is 6.92 Å². The highest BCUT2D eigenvalue weighted by molar-refractivity contribution is 6.07. The molecule has 2 aromatic carbocycles. The first kappa shape index (κ1) is 18.7. The Morgan fingerprint density at radius 3 is 2.34 bits per heavy atom. The molecule has 1 amide bonds. The zero-order valence-corrected chi connectivity index (χ0v) is 16.3. The fraction of sp³-hybridized carbons (Fsp3) is 0.227. The van der Waals surface area contributed by atoms with Crippen molar-refractivity contribution in [3.63, 3.8) is 0 Å². The van der Waals surface area contributed by atoms with E-state index >= 15 is 0 Å². The summed E-state index contributed by atoms with van der Waals surface area (Å²) in [6.45, 7) is 2.59. The number of benzene rings is 2. The Morgan fingerprint density at radius 2 is 1.76 bits per heavy atom. The van der Waals surface area contributed by atoms with Crippen molar-refractivity contribution in [3.8, 4) is 11.4 Å². The molecule has 3 aromatic rings. The molecule has 0 radical (unpaired) electrons. The van der Waals surface area contributed by atoms with Gasteiger partial charge in [0.25, 0.3) is 5.91 Å². The minimum absolute atomic E-state index is 0.120. The van der Waals surface area contributed by atoms with Gasteiger partial charge in [0.2, 0.25) is 0 Å². The summed E-state index contributed by atoms with van der Waals surface area (Å²) in [5.74, 6) is -0.378. The maximum atomic E-state index is 13.4. The van der Waals surface area contributed by atoms with Gasteiger partial charge in [-0.2, -0.15) is 5.10 Å². The fourth-order valence-corrected chi connectivity index (χ4v) is 3.66. The van der Waals surface area contributed by atoms with E-state index in [2.05, 4.69) is 5.10 Å². The van der Waals surface area contributed by atoms with Crippen LogP contribution < -0.4 is 9.64 Å². The van der Waals surface area contributed by atoms with E-state index in [1.165, 1.54) is 12.1 Å². The molecule has 0 unspecified atom stereocenters. The molecule has 4 rings (SSSR count). The number of carbonyl (C=O) groups excluding carboxylic acids is 1. The summed E-state index contributed by atoms with van der Waals surface area (Å²) < 4.78 is 6.84. The molecule has 7 heteroatoms. The first-order valence-corrected chi connectivity index (χ1v) is 9.44. The second-order valence-electron chi connectivity index (χ2n) is 6.80. The van der Waals surface area contributed by atoms with Gasteiger partial charge in [-0.25, -0.2) is 9.48 Å². The number of nitrogens with zero attached hydrogens (tertiary/aromatic N) is 3. The van der Waals surface area contributed by atoms with E-state index in [0.717, 1.165) is 29.1 Å². The van der Waals surface area contributed by atoms with Crippen LogP contribution in [0.5, 0.6) is 5.75 Å². The zero-order valence-electron chi connectivity index (χ0n) is 16.3. The van der Waals surface area contributed by atoms with Gasteiger partial charge in [0, 0.05) is 17.8 Å². The number of anilines is 1. The monoisotopic (exact) mass is 391 g/mol. The molecule has 1 aromatic heterocycles. The molecular formula is C22H21N3O4. The van der Waals surface area contributed by atoms with Crippen molar-refractivity contribution in [2.24, 2.45) is 0 Å². The van der Waals surface area contributed by atoms with Gasteiger partial charge in [-0.05, 0) is 61.4 Å². The topological polar surface area (TPSA) is 84.7 Å². The lowest BCUT2D eigenvalue weighted by atomic mass is 10.0. The molecule has 7 nitrogen and oxygen atoms in total. The zero-order chi connectivity index (χ0) is 20.5. The lowest BCUT2D eigenvalue weighted by Gasteiger charge is -2.28. The molecule has 0 saturated carbocycles. The van der Waals surface area contributed by atoms with E-state index in [-0.39, 0.29) is 11.5 Å². The first-order valence-electron chi connectivity index (χ1n) is 9.44. The number of aryl methyl sites for hydroxylation is 1. The highest BCUT2D eigenvalue weighted by Gasteiger charge is 2.32. The van der Waals surface area contributed by atoms with E-state index < -0.39 is 5.97 Å². The fourth-order valence-electron chi connectivity index (χ4n) is 3.66. The Kier molecular flexibility index (Phi) is 4.80. The molecule has 0 aliphatic carbocycles. The predicted octanol–water partition coefficient (Wildman–Crippen LogP) is 3.34. The van der Waals surface area contributed by atoms with Gasteiger partial charge in [0.15, 0.2) is 0 Å². The van der Waals surface area contributed by atoms with Gasteiger partial charge >= 0.3 is 5.97 Å². The highest BCUT2D eigenvalue weighted by atomic mass is 16.5. The van der Waals surface area contributed by atoms with Gasteiger partial charge in [-0.3, -0.25) is 4.79 Å². The standard InChI is InChI=1S/C22H21N3O4/c1-3-19-18-12-13-24(15-8-10-17(29-2)11-9-15)21(26)20(18)25(23-19)16-6-4-14(5-7-16)22(27)28/h4-11H,3,12-13H2,1-2H3,(H,27,28). The van der Waals surface area contributed by atoms with Crippen molar-refractivity contribution in [2.75, 3.05) is 18.6 Å². The molecular weight excluding hydrogens is 370 g/mol. The van der Waals surface area contributed by atoms with Crippen molar-refractivity contribution in [1.82, 2.24) is 9.78 Å². The molecule has 1 N–H and O–H groups in total. The van der Waals surface area contributed by atoms with Crippen LogP contribution in [0.3, 0.4) is 0 Å². The molecule has 148 valence electrons. The van der Waals surface area contributed by atoms with Gasteiger partial charge in [0.05, 0.1) is 24.1 Å². The Morgan fingerprint density at radius 1 is 1.10 bits per heavy atom. The van der Waals surface area contributed by atoms with E-state index in [1.807, 2.05) is 31.2 Å². The number of hydrogen-bond acceptors (Lipinski definition) is 4. The molecule has 29 heavy (non-hydrogen) atoms. The Balaban J connectivity index is 1.76. The van der Waals surface area contributed by atoms with Crippen LogP contribution in [0.2, 0.25) is 0 Å². The summed E-state index contributed by atoms with van der Waals surface area (Å²) in [5, 5.41) is 13.8. The van der Waals surface area contributed by atoms with Crippen LogP contribution in [-0.2, 0) is 12.8 Å². The summed E-state index contributed by atoms with van der Waals surface area (Å²) in [6, 6.07) is 13.8. The van der Waals surface area contributed by atoms with Crippen LogP contribution in [0.25, 0.3) is 5.69 Å². The maximum Gasteiger partial charge on any atom is 0.335 e. The molecule has 0 atom stereocenters. The Bertz CT molecular complexity index is 1070. The van der Waals surface area contributed by atoms with E-state index in [1.54, 1.807) is 28.8 Å². The summed E-state index contributed by atoms with van der Waals surface area (Å²) in [4.78, 5) is 26.3. The van der Waals surface area contributed by atoms with E-state index in [4.69, 9.17) is 9.84 Å². The number of carboxylic acids is 1. The van der Waals surface area contributed by atoms with E-state index in [0.29, 0.717) is 24.3 Å². The lowest BCUT2D eigenvalue weighted by molar-refractivity contribution is 0.0696. The molecule has 0 saturated heterocycles. The van der Waals surface area contributed by atoms with Crippen LogP contribution >= 0.6 is 0 Å². The SMILES string of the molecule is CCc1nn(-c2ccc(C(=O)O)cc2)c2c1CCN(c1ccc(OC)cc1)C2=O. The number of ether oxygens (including phenoxy) is 1. The highest BCUT2D eigenvalue weighted by Crippen LogP contribution is 2.30. The average Bonchev–Trinajstić information content (AvgIpc) is 3.14. The molecule has 0 spiro atoms. The molecule has 2 heterocycles. The van der Waals surface area contributed by atoms with Crippen molar-refractivity contribution in [2.45, 2.75) is 19.8 Å². The number of rotatable bonds is 5. The van der Waals surface area contributed by atoms with Gasteiger partial charge in [0.1, 0.15) is 11.4 Å². The Labute approximate surface area is 168 Å². The first-order chi connectivity index (χ1) is 14.0. The number of aromatic carboxylic acids is 1. The van der Waals surface area contributed by atoms with Crippen molar-refractivity contribution in [3.05, 3.63) is 71.0 Å². The predicted molar refractivity (Wildman–Crippen MR) is 108 cm³/mol. The lowest BCUT2D eigenvalue weighted by Crippen LogP contribution is -2.38. The van der Waals surface area contributed by atoms with Crippen molar-refractivity contribution >= 4 is 17.6 Å². The van der Waals surface area contributed by atoms with Crippen LogP contribution in [-0.4, -0.2) is 40.4 Å². The van der Waals surface area contributed by atoms with Crippen LogP contribution in [0, 0.1) is 0 Å². The third-order valence-corrected chi connectivity index (χ3v) is 5.18. The normalized spacial score (nSPS) is 13.3. The van der Waals surface area contributed by atoms with Crippen molar-refractivity contribution < 1.29 is 19.4 Å².